The van der Waals surface area contributed by atoms with Crippen LogP contribution in [0, 0.1) is 11.3 Å². The Bertz CT molecular complexity index is 219. The molecule has 0 spiro atoms. The zero-order valence-electron chi connectivity index (χ0n) is 12.8. The van der Waals surface area contributed by atoms with E-state index in [1.807, 2.05) is 0 Å². The molecule has 2 heteroatoms. The van der Waals surface area contributed by atoms with E-state index in [9.17, 15) is 0 Å². The topological polar surface area (TPSA) is 3.24 Å². The maximum Gasteiger partial charge on any atom is 0.0100 e. The van der Waals surface area contributed by atoms with Crippen LogP contribution in [0.4, 0.5) is 0 Å². The van der Waals surface area contributed by atoms with E-state index in [1.165, 1.54) is 56.8 Å². The molecule has 1 saturated carbocycles. The number of halogens is 1. The first kappa shape index (κ1) is 16.5. The van der Waals surface area contributed by atoms with Crippen molar-refractivity contribution >= 4 is 15.9 Å². The Kier molecular flexibility index (Phi) is 7.23. The molecule has 108 valence electrons. The minimum Gasteiger partial charge on any atom is -0.303 e. The van der Waals surface area contributed by atoms with E-state index < -0.39 is 0 Å². The summed E-state index contributed by atoms with van der Waals surface area (Å²) in [7, 11) is 2.32. The maximum absolute atomic E-state index is 3.80. The lowest BCUT2D eigenvalue weighted by molar-refractivity contribution is 0.133. The van der Waals surface area contributed by atoms with Gasteiger partial charge in [-0.1, -0.05) is 55.5 Å². The van der Waals surface area contributed by atoms with Gasteiger partial charge in [0.2, 0.25) is 0 Å². The van der Waals surface area contributed by atoms with E-state index in [4.69, 9.17) is 0 Å². The summed E-state index contributed by atoms with van der Waals surface area (Å²) >= 11 is 3.80. The molecule has 1 rings (SSSR count). The average Bonchev–Trinajstić information content (AvgIpc) is 2.54. The van der Waals surface area contributed by atoms with Gasteiger partial charge in [-0.2, -0.15) is 0 Å². The van der Waals surface area contributed by atoms with Gasteiger partial charge >= 0.3 is 0 Å². The smallest absolute Gasteiger partial charge is 0.0100 e. The molecule has 0 bridgehead atoms. The number of hydrogen-bond donors (Lipinski definition) is 0. The number of alkyl halides is 1. The van der Waals surface area contributed by atoms with Gasteiger partial charge < -0.3 is 4.90 Å². The Balaban J connectivity index is 2.54. The third-order valence-corrected chi connectivity index (χ3v) is 5.79. The van der Waals surface area contributed by atoms with Crippen molar-refractivity contribution in [3.63, 3.8) is 0 Å². The largest absolute Gasteiger partial charge is 0.303 e. The first-order chi connectivity index (χ1) is 8.49. The maximum atomic E-state index is 3.80. The van der Waals surface area contributed by atoms with Crippen LogP contribution in [-0.4, -0.2) is 29.9 Å². The van der Waals surface area contributed by atoms with Crippen LogP contribution in [0.15, 0.2) is 0 Å². The Labute approximate surface area is 123 Å². The molecule has 1 aliphatic rings. The van der Waals surface area contributed by atoms with Crippen molar-refractivity contribution in [1.82, 2.24) is 4.90 Å². The normalized spacial score (nSPS) is 22.2. The average molecular weight is 318 g/mol. The van der Waals surface area contributed by atoms with Crippen LogP contribution in [-0.2, 0) is 0 Å². The quantitative estimate of drug-likeness (QED) is 0.487. The Hall–Kier alpha value is 0.440. The van der Waals surface area contributed by atoms with E-state index in [0.717, 1.165) is 5.92 Å². The first-order valence-corrected chi connectivity index (χ1v) is 8.87. The summed E-state index contributed by atoms with van der Waals surface area (Å²) in [6, 6.07) is 0.712. The number of hydrogen-bond acceptors (Lipinski definition) is 1. The van der Waals surface area contributed by atoms with E-state index in [0.29, 0.717) is 11.5 Å². The summed E-state index contributed by atoms with van der Waals surface area (Å²) in [6.07, 6.45) is 9.89. The van der Waals surface area contributed by atoms with Crippen LogP contribution in [0.5, 0.6) is 0 Å². The van der Waals surface area contributed by atoms with Gasteiger partial charge in [-0.05, 0) is 44.6 Å². The Morgan fingerprint density at radius 3 is 2.06 bits per heavy atom. The Morgan fingerprint density at radius 2 is 1.61 bits per heavy atom. The summed E-state index contributed by atoms with van der Waals surface area (Å²) < 4.78 is 0. The van der Waals surface area contributed by atoms with Gasteiger partial charge in [-0.3, -0.25) is 0 Å². The van der Waals surface area contributed by atoms with Gasteiger partial charge in [0, 0.05) is 17.9 Å². The van der Waals surface area contributed by atoms with Gasteiger partial charge in [-0.15, -0.1) is 0 Å². The van der Waals surface area contributed by atoms with Crippen molar-refractivity contribution in [3.05, 3.63) is 0 Å². The lowest BCUT2D eigenvalue weighted by Gasteiger charge is -2.38. The van der Waals surface area contributed by atoms with Crippen LogP contribution in [0.1, 0.15) is 65.7 Å². The Morgan fingerprint density at radius 1 is 1.06 bits per heavy atom. The molecule has 1 unspecified atom stereocenters. The standard InChI is InChI=1S/C16H32BrN/c1-14(2)11-15(3)18(4)13-16(12-17)9-7-5-6-8-10-16/h14-15H,5-13H2,1-4H3. The highest BCUT2D eigenvalue weighted by molar-refractivity contribution is 9.09. The molecular weight excluding hydrogens is 286 g/mol. The summed E-state index contributed by atoms with van der Waals surface area (Å²) in [5.41, 5.74) is 0.538. The highest BCUT2D eigenvalue weighted by atomic mass is 79.9. The predicted molar refractivity (Wildman–Crippen MR) is 85.5 cm³/mol. The van der Waals surface area contributed by atoms with Crippen LogP contribution < -0.4 is 0 Å². The number of nitrogens with zero attached hydrogens (tertiary/aromatic N) is 1. The molecule has 18 heavy (non-hydrogen) atoms. The van der Waals surface area contributed by atoms with Gasteiger partial charge in [0.15, 0.2) is 0 Å². The van der Waals surface area contributed by atoms with Crippen molar-refractivity contribution in [2.75, 3.05) is 18.9 Å². The molecule has 0 saturated heterocycles. The highest BCUT2D eigenvalue weighted by Gasteiger charge is 2.32. The molecule has 1 aliphatic carbocycles. The summed E-state index contributed by atoms with van der Waals surface area (Å²) in [4.78, 5) is 2.60. The fourth-order valence-corrected chi connectivity index (χ4v) is 4.10. The summed E-state index contributed by atoms with van der Waals surface area (Å²) in [6.45, 7) is 8.32. The molecule has 0 aliphatic heterocycles. The van der Waals surface area contributed by atoms with Crippen molar-refractivity contribution in [3.8, 4) is 0 Å². The molecule has 0 aromatic heterocycles. The van der Waals surface area contributed by atoms with Crippen molar-refractivity contribution in [1.29, 1.82) is 0 Å². The second-order valence-corrected chi connectivity index (χ2v) is 7.50. The molecule has 0 aromatic rings. The van der Waals surface area contributed by atoms with Crippen LogP contribution in [0.2, 0.25) is 0 Å². The SMILES string of the molecule is CC(C)CC(C)N(C)CC1(CBr)CCCCCC1. The van der Waals surface area contributed by atoms with Gasteiger partial charge in [0.05, 0.1) is 0 Å². The monoisotopic (exact) mass is 317 g/mol. The van der Waals surface area contributed by atoms with E-state index in [-0.39, 0.29) is 0 Å². The minimum atomic E-state index is 0.538. The fourth-order valence-electron chi connectivity index (χ4n) is 3.36. The van der Waals surface area contributed by atoms with Crippen LogP contribution in [0.3, 0.4) is 0 Å². The summed E-state index contributed by atoms with van der Waals surface area (Å²) in [5.74, 6) is 0.802. The molecule has 0 aromatic carbocycles. The fraction of sp³-hybridized carbons (Fsp3) is 1.00. The molecule has 0 amide bonds. The van der Waals surface area contributed by atoms with Gasteiger partial charge in [-0.25, -0.2) is 0 Å². The van der Waals surface area contributed by atoms with E-state index >= 15 is 0 Å². The second kappa shape index (κ2) is 7.89. The molecule has 1 fully saturated rings. The molecule has 1 nitrogen and oxygen atoms in total. The molecule has 0 heterocycles. The van der Waals surface area contributed by atoms with Gasteiger partial charge in [0.1, 0.15) is 0 Å². The first-order valence-electron chi connectivity index (χ1n) is 7.75. The molecule has 0 N–H and O–H groups in total. The van der Waals surface area contributed by atoms with Crippen LogP contribution in [0.25, 0.3) is 0 Å². The lowest BCUT2D eigenvalue weighted by Crippen LogP contribution is -2.41. The minimum absolute atomic E-state index is 0.538. The highest BCUT2D eigenvalue weighted by Crippen LogP contribution is 2.37. The van der Waals surface area contributed by atoms with Crippen molar-refractivity contribution < 1.29 is 0 Å². The zero-order chi connectivity index (χ0) is 13.6. The van der Waals surface area contributed by atoms with Crippen molar-refractivity contribution in [2.45, 2.75) is 71.8 Å². The van der Waals surface area contributed by atoms with Crippen molar-refractivity contribution in [2.24, 2.45) is 11.3 Å². The van der Waals surface area contributed by atoms with Gasteiger partial charge in [0.25, 0.3) is 0 Å². The number of rotatable bonds is 6. The van der Waals surface area contributed by atoms with Crippen LogP contribution >= 0.6 is 15.9 Å². The lowest BCUT2D eigenvalue weighted by atomic mass is 9.81. The zero-order valence-corrected chi connectivity index (χ0v) is 14.4. The third kappa shape index (κ3) is 5.21. The molecular formula is C16H32BrN. The molecule has 0 radical (unpaired) electrons. The van der Waals surface area contributed by atoms with E-state index in [1.54, 1.807) is 0 Å². The molecule has 1 atom stereocenters. The summed E-state index contributed by atoms with van der Waals surface area (Å²) in [5, 5.41) is 1.18. The predicted octanol–water partition coefficient (Wildman–Crippen LogP) is 5.09. The van der Waals surface area contributed by atoms with E-state index in [2.05, 4.69) is 48.6 Å². The third-order valence-electron chi connectivity index (χ3n) is 4.60. The second-order valence-electron chi connectivity index (χ2n) is 6.94.